The normalized spacial score (nSPS) is 8.29. The van der Waals surface area contributed by atoms with Gasteiger partial charge in [0.1, 0.15) is 6.61 Å². The molecule has 2 N–H and O–H groups in total. The van der Waals surface area contributed by atoms with Crippen LogP contribution in [0, 0.1) is 13.8 Å². The number of aryl methyl sites for hydroxylation is 4. The standard InChI is InChI=1S/2C8H13NS.C4H6O4.C4H10O.CH2O3.3CH4.ClH.Na/c2*1-3-4-5-8-7(2)9-6-10-8;5-4(6)2-1-3-8-7;1-3-5-4-2;2-1-4-3;;;;;/h2*6H,3-5H2,1-2H3;1-2,7H,3H2,(H,5,6);3-4H2,1-2H3;1,3H;3*1H4;1H;/q;;;;;;;;;+1/p-1/b;;2-1-;;;;;;;. The second-order valence-electron chi connectivity index (χ2n) is 6.94. The predicted molar refractivity (Wildman–Crippen MR) is 173 cm³/mol. The molecule has 0 bridgehead atoms. The van der Waals surface area contributed by atoms with Crippen LogP contribution >= 0.6 is 35.1 Å². The van der Waals surface area contributed by atoms with Crippen molar-refractivity contribution in [2.24, 2.45) is 0 Å². The number of ether oxygens (including phenoxy) is 1. The molecule has 0 radical (unpaired) electrons. The summed E-state index contributed by atoms with van der Waals surface area (Å²) in [7, 11) is 0. The molecule has 0 aliphatic carbocycles. The van der Waals surface area contributed by atoms with E-state index in [0.29, 0.717) is 0 Å². The molecule has 0 atom stereocenters. The maximum atomic E-state index is 9.65. The van der Waals surface area contributed by atoms with Crippen LogP contribution in [0.15, 0.2) is 23.2 Å². The molecule has 42 heavy (non-hydrogen) atoms. The van der Waals surface area contributed by atoms with Gasteiger partial charge < -0.3 is 20.0 Å². The number of halogens is 1. The Balaban J connectivity index is -0.0000000577. The Hall–Kier alpha value is -0.930. The fraction of sp³-hybridized carbons (Fsp3) is 0.643. The number of unbranched alkanes of at least 4 members (excludes halogenated alkanes) is 2. The van der Waals surface area contributed by atoms with Crippen LogP contribution < -0.4 is 34.8 Å². The summed E-state index contributed by atoms with van der Waals surface area (Å²) in [5.74, 6) is -1.05. The average molecular weight is 671 g/mol. The Morgan fingerprint density at radius 1 is 0.929 bits per heavy atom. The van der Waals surface area contributed by atoms with E-state index >= 15 is 0 Å². The van der Waals surface area contributed by atoms with E-state index < -0.39 is 5.97 Å². The minimum Gasteiger partial charge on any atom is -0.662 e. The van der Waals surface area contributed by atoms with Crippen LogP contribution in [-0.4, -0.2) is 52.6 Å². The van der Waals surface area contributed by atoms with Crippen LogP contribution in [0.4, 0.5) is 0 Å². The average Bonchev–Trinajstić information content (AvgIpc) is 3.50. The fourth-order valence-electron chi connectivity index (χ4n) is 2.20. The van der Waals surface area contributed by atoms with Gasteiger partial charge in [-0.1, -0.05) is 49.0 Å². The molecule has 0 spiro atoms. The third-order valence-electron chi connectivity index (χ3n) is 4.08. The molecule has 0 saturated carbocycles. The van der Waals surface area contributed by atoms with Gasteiger partial charge in [-0.25, -0.2) is 19.7 Å². The Labute approximate surface area is 291 Å². The Morgan fingerprint density at radius 2 is 1.31 bits per heavy atom. The number of rotatable bonds is 12. The van der Waals surface area contributed by atoms with E-state index in [9.17, 15) is 4.79 Å². The smallest absolute Gasteiger partial charge is 0.662 e. The fourth-order valence-corrected chi connectivity index (χ4v) is 3.85. The monoisotopic (exact) mass is 670 g/mol. The van der Waals surface area contributed by atoms with Crippen LogP contribution in [0.25, 0.3) is 0 Å². The number of hydrogen-bond donors (Lipinski definition) is 2. The van der Waals surface area contributed by atoms with E-state index in [0.717, 1.165) is 19.3 Å². The summed E-state index contributed by atoms with van der Waals surface area (Å²) in [6, 6.07) is 0. The van der Waals surface area contributed by atoms with Crippen molar-refractivity contribution in [3.8, 4) is 0 Å². The van der Waals surface area contributed by atoms with Gasteiger partial charge in [0.05, 0.1) is 22.4 Å². The van der Waals surface area contributed by atoms with Crippen molar-refractivity contribution < 1.29 is 69.3 Å². The molecule has 2 aromatic heterocycles. The van der Waals surface area contributed by atoms with Gasteiger partial charge in [-0.15, -0.1) is 35.1 Å². The molecule has 10 nitrogen and oxygen atoms in total. The van der Waals surface area contributed by atoms with Gasteiger partial charge in [-0.05, 0) is 59.5 Å². The molecular weight excluding hydrogens is 615 g/mol. The first kappa shape index (κ1) is 60.3. The second kappa shape index (κ2) is 49.7. The number of carbonyl (C=O) groups excluding carboxylic acids is 1. The zero-order valence-corrected chi connectivity index (χ0v) is 28.7. The predicted octanol–water partition coefficient (Wildman–Crippen LogP) is 4.52. The molecule has 2 aromatic rings. The van der Waals surface area contributed by atoms with Gasteiger partial charge in [0, 0.05) is 29.0 Å². The van der Waals surface area contributed by atoms with Crippen molar-refractivity contribution in [1.29, 1.82) is 0 Å². The van der Waals surface area contributed by atoms with Crippen LogP contribution in [0.2, 0.25) is 0 Å². The molecule has 14 heteroatoms. The molecule has 0 amide bonds. The van der Waals surface area contributed by atoms with Crippen LogP contribution in [0.1, 0.15) is 96.8 Å². The molecular formula is C28H56ClN2NaO8S2. The minimum atomic E-state index is -1.05. The summed E-state index contributed by atoms with van der Waals surface area (Å²) in [5, 5.41) is 24.0. The summed E-state index contributed by atoms with van der Waals surface area (Å²) >= 11 is 3.56. The van der Waals surface area contributed by atoms with Crippen molar-refractivity contribution >= 4 is 47.5 Å². The number of nitrogens with zero attached hydrogens (tertiary/aromatic N) is 2. The number of hydrogen-bond acceptors (Lipinski definition) is 11. The van der Waals surface area contributed by atoms with E-state index in [1.54, 1.807) is 22.7 Å². The number of carboxylic acids is 1. The molecule has 0 aliphatic heterocycles. The maximum Gasteiger partial charge on any atom is 1.00 e. The van der Waals surface area contributed by atoms with Crippen LogP contribution in [0.5, 0.6) is 0 Å². The molecule has 0 aromatic carbocycles. The SMILES string of the molecule is C.C.C.CCCCc1scnc1C.CCCCc1scnc1C.CCOCC.Cl.O=C(O)/C=C\COO.O=CO[O-].[Na+]. The summed E-state index contributed by atoms with van der Waals surface area (Å²) in [4.78, 5) is 35.7. The maximum absolute atomic E-state index is 9.65. The number of carboxylic acid groups (broad SMARTS) is 1. The Morgan fingerprint density at radius 3 is 1.50 bits per heavy atom. The van der Waals surface area contributed by atoms with Crippen molar-refractivity contribution in [2.45, 2.75) is 102 Å². The first-order valence-electron chi connectivity index (χ1n) is 12.0. The van der Waals surface area contributed by atoms with Crippen molar-refractivity contribution in [1.82, 2.24) is 9.97 Å². The number of aromatic nitrogens is 2. The van der Waals surface area contributed by atoms with Crippen molar-refractivity contribution in [3.63, 3.8) is 0 Å². The van der Waals surface area contributed by atoms with Crippen molar-refractivity contribution in [2.75, 3.05) is 19.8 Å². The first-order valence-corrected chi connectivity index (χ1v) is 13.8. The summed E-state index contributed by atoms with van der Waals surface area (Å²) < 4.78 is 4.83. The number of thiazole rings is 2. The number of aliphatic carboxylic acids is 1. The molecule has 0 aliphatic rings. The van der Waals surface area contributed by atoms with E-state index in [2.05, 4.69) is 47.4 Å². The van der Waals surface area contributed by atoms with Crippen LogP contribution in [0.3, 0.4) is 0 Å². The van der Waals surface area contributed by atoms with Gasteiger partial charge in [-0.2, -0.15) is 0 Å². The van der Waals surface area contributed by atoms with Gasteiger partial charge in [0.2, 0.25) is 0 Å². The zero-order chi connectivity index (χ0) is 28.7. The third kappa shape index (κ3) is 46.0. The molecule has 2 rings (SSSR count). The molecule has 246 valence electrons. The molecule has 0 unspecified atom stereocenters. The molecule has 0 fully saturated rings. The van der Waals surface area contributed by atoms with Crippen molar-refractivity contribution in [3.05, 3.63) is 44.3 Å². The Kier molecular flexibility index (Phi) is 71.4. The van der Waals surface area contributed by atoms with E-state index in [1.165, 1.54) is 65.7 Å². The molecule has 2 heterocycles. The van der Waals surface area contributed by atoms with E-state index in [4.69, 9.17) is 25.2 Å². The van der Waals surface area contributed by atoms with Gasteiger partial charge in [0.15, 0.2) is 0 Å². The number of carbonyl (C=O) groups is 2. The summed E-state index contributed by atoms with van der Waals surface area (Å²) in [6.07, 6.45) is 9.64. The summed E-state index contributed by atoms with van der Waals surface area (Å²) in [6.45, 7) is 14.0. The minimum absolute atomic E-state index is 0. The summed E-state index contributed by atoms with van der Waals surface area (Å²) in [5.41, 5.74) is 6.30. The van der Waals surface area contributed by atoms with Gasteiger partial charge in [0.25, 0.3) is 6.47 Å². The molecule has 0 saturated heterocycles. The van der Waals surface area contributed by atoms with Gasteiger partial charge in [-0.3, -0.25) is 10.1 Å². The third-order valence-corrected chi connectivity index (χ3v) is 6.07. The first-order chi connectivity index (χ1) is 17.8. The van der Waals surface area contributed by atoms with Gasteiger partial charge >= 0.3 is 35.5 Å². The topological polar surface area (TPSA) is 151 Å². The van der Waals surface area contributed by atoms with Crippen LogP contribution in [-0.2, 0) is 36.9 Å². The second-order valence-corrected chi connectivity index (χ2v) is 8.82. The zero-order valence-electron chi connectivity index (χ0n) is 24.2. The Bertz CT molecular complexity index is 751. The van der Waals surface area contributed by atoms with E-state index in [1.807, 2.05) is 24.9 Å². The quantitative estimate of drug-likeness (QED) is 0.108. The largest absolute Gasteiger partial charge is 1.00 e. The van der Waals surface area contributed by atoms with E-state index in [-0.39, 0.29) is 77.3 Å².